The van der Waals surface area contributed by atoms with Gasteiger partial charge in [-0.3, -0.25) is 9.59 Å². The minimum Gasteiger partial charge on any atom is -0.347 e. The molecule has 2 amide bonds. The molecule has 1 saturated carbocycles. The highest BCUT2D eigenvalue weighted by Gasteiger charge is 2.20. The number of amides is 2. The molecular formula is C13H22N2O2. The molecule has 1 saturated heterocycles. The molecule has 0 aromatic rings. The third-order valence-electron chi connectivity index (χ3n) is 3.91. The summed E-state index contributed by atoms with van der Waals surface area (Å²) < 4.78 is 0. The van der Waals surface area contributed by atoms with E-state index in [9.17, 15) is 9.59 Å². The van der Waals surface area contributed by atoms with Crippen LogP contribution in [-0.4, -0.2) is 36.3 Å². The van der Waals surface area contributed by atoms with E-state index in [0.717, 1.165) is 18.9 Å². The van der Waals surface area contributed by atoms with Crippen LogP contribution in [0.25, 0.3) is 0 Å². The van der Waals surface area contributed by atoms with E-state index < -0.39 is 0 Å². The monoisotopic (exact) mass is 238 g/mol. The summed E-state index contributed by atoms with van der Waals surface area (Å²) in [5, 5.41) is 2.63. The number of hydrogen-bond donors (Lipinski definition) is 1. The van der Waals surface area contributed by atoms with Crippen molar-refractivity contribution in [2.24, 2.45) is 5.92 Å². The quantitative estimate of drug-likeness (QED) is 0.802. The predicted molar refractivity (Wildman–Crippen MR) is 65.4 cm³/mol. The Labute approximate surface area is 103 Å². The van der Waals surface area contributed by atoms with Crippen molar-refractivity contribution in [3.05, 3.63) is 0 Å². The van der Waals surface area contributed by atoms with E-state index >= 15 is 0 Å². The van der Waals surface area contributed by atoms with Crippen molar-refractivity contribution in [2.45, 2.75) is 44.9 Å². The average Bonchev–Trinajstić information content (AvgIpc) is 2.78. The third kappa shape index (κ3) is 3.72. The van der Waals surface area contributed by atoms with Gasteiger partial charge in [0.05, 0.1) is 6.54 Å². The highest BCUT2D eigenvalue weighted by atomic mass is 16.2. The molecular weight excluding hydrogens is 216 g/mol. The van der Waals surface area contributed by atoms with Crippen molar-refractivity contribution in [1.82, 2.24) is 10.2 Å². The molecule has 1 aliphatic carbocycles. The summed E-state index contributed by atoms with van der Waals surface area (Å²) in [7, 11) is 0. The van der Waals surface area contributed by atoms with Gasteiger partial charge in [0.25, 0.3) is 0 Å². The van der Waals surface area contributed by atoms with E-state index in [1.165, 1.54) is 32.1 Å². The van der Waals surface area contributed by atoms with Crippen LogP contribution in [0, 0.1) is 5.92 Å². The van der Waals surface area contributed by atoms with Crippen LogP contribution in [0.15, 0.2) is 0 Å². The van der Waals surface area contributed by atoms with Gasteiger partial charge in [-0.25, -0.2) is 0 Å². The minimum absolute atomic E-state index is 0.00311. The lowest BCUT2D eigenvalue weighted by Crippen LogP contribution is -2.35. The zero-order valence-corrected chi connectivity index (χ0v) is 10.4. The van der Waals surface area contributed by atoms with E-state index in [1.54, 1.807) is 0 Å². The van der Waals surface area contributed by atoms with Gasteiger partial charge in [0, 0.05) is 19.5 Å². The zero-order chi connectivity index (χ0) is 12.1. The van der Waals surface area contributed by atoms with Gasteiger partial charge in [0.2, 0.25) is 11.8 Å². The Hall–Kier alpha value is -1.06. The largest absolute Gasteiger partial charge is 0.347 e. The fraction of sp³-hybridized carbons (Fsp3) is 0.846. The summed E-state index contributed by atoms with van der Waals surface area (Å²) in [5.74, 6) is 0.954. The average molecular weight is 238 g/mol. The number of nitrogens with zero attached hydrogens (tertiary/aromatic N) is 1. The minimum atomic E-state index is -0.00311. The Kier molecular flexibility index (Phi) is 4.40. The van der Waals surface area contributed by atoms with Crippen molar-refractivity contribution in [2.75, 3.05) is 19.6 Å². The third-order valence-corrected chi connectivity index (χ3v) is 3.91. The van der Waals surface area contributed by atoms with Crippen LogP contribution in [0.4, 0.5) is 0 Å². The van der Waals surface area contributed by atoms with Crippen molar-refractivity contribution < 1.29 is 9.59 Å². The highest BCUT2D eigenvalue weighted by Crippen LogP contribution is 2.28. The topological polar surface area (TPSA) is 49.4 Å². The molecule has 2 aliphatic rings. The Morgan fingerprint density at radius 1 is 1.24 bits per heavy atom. The first-order chi connectivity index (χ1) is 8.25. The molecule has 0 unspecified atom stereocenters. The van der Waals surface area contributed by atoms with Gasteiger partial charge < -0.3 is 10.2 Å². The molecule has 0 spiro atoms. The molecule has 96 valence electrons. The first-order valence-electron chi connectivity index (χ1n) is 6.80. The molecule has 0 radical (unpaired) electrons. The maximum absolute atomic E-state index is 11.7. The van der Waals surface area contributed by atoms with Gasteiger partial charge in [-0.15, -0.1) is 0 Å². The first-order valence-corrected chi connectivity index (χ1v) is 6.80. The SMILES string of the molecule is O=C1CCN(CCCC2CCCC2)C(=O)CN1. The molecule has 4 heteroatoms. The molecule has 0 atom stereocenters. The second kappa shape index (κ2) is 6.03. The predicted octanol–water partition coefficient (Wildman–Crippen LogP) is 1.31. The second-order valence-corrected chi connectivity index (χ2v) is 5.20. The fourth-order valence-corrected chi connectivity index (χ4v) is 2.84. The lowest BCUT2D eigenvalue weighted by atomic mass is 10.0. The van der Waals surface area contributed by atoms with Crippen LogP contribution in [0.5, 0.6) is 0 Å². The number of carbonyl (C=O) groups is 2. The van der Waals surface area contributed by atoms with Gasteiger partial charge in [-0.1, -0.05) is 25.7 Å². The fourth-order valence-electron chi connectivity index (χ4n) is 2.84. The molecule has 17 heavy (non-hydrogen) atoms. The van der Waals surface area contributed by atoms with Crippen molar-refractivity contribution in [1.29, 1.82) is 0 Å². The normalized spacial score (nSPS) is 22.7. The number of rotatable bonds is 4. The van der Waals surface area contributed by atoms with Crippen LogP contribution >= 0.6 is 0 Å². The van der Waals surface area contributed by atoms with Crippen LogP contribution < -0.4 is 5.32 Å². The molecule has 0 aromatic heterocycles. The maximum atomic E-state index is 11.7. The summed E-state index contributed by atoms with van der Waals surface area (Å²) in [5.41, 5.74) is 0. The molecule has 1 N–H and O–H groups in total. The Morgan fingerprint density at radius 2 is 2.00 bits per heavy atom. The van der Waals surface area contributed by atoms with E-state index in [-0.39, 0.29) is 18.4 Å². The van der Waals surface area contributed by atoms with Crippen molar-refractivity contribution in [3.63, 3.8) is 0 Å². The van der Waals surface area contributed by atoms with Crippen LogP contribution in [0.1, 0.15) is 44.9 Å². The first kappa shape index (κ1) is 12.4. The van der Waals surface area contributed by atoms with E-state index in [4.69, 9.17) is 0 Å². The van der Waals surface area contributed by atoms with Gasteiger partial charge in [-0.05, 0) is 18.8 Å². The van der Waals surface area contributed by atoms with Crippen LogP contribution in [0.3, 0.4) is 0 Å². The lowest BCUT2D eigenvalue weighted by molar-refractivity contribution is -0.130. The Morgan fingerprint density at radius 3 is 2.76 bits per heavy atom. The highest BCUT2D eigenvalue weighted by molar-refractivity contribution is 5.87. The summed E-state index contributed by atoms with van der Waals surface area (Å²) in [6.07, 6.45) is 8.28. The number of hydrogen-bond acceptors (Lipinski definition) is 2. The molecule has 0 aromatic carbocycles. The van der Waals surface area contributed by atoms with Gasteiger partial charge in [-0.2, -0.15) is 0 Å². The molecule has 1 aliphatic heterocycles. The van der Waals surface area contributed by atoms with E-state index in [2.05, 4.69) is 5.32 Å². The van der Waals surface area contributed by atoms with Crippen molar-refractivity contribution >= 4 is 11.8 Å². The Balaban J connectivity index is 1.69. The number of nitrogens with one attached hydrogen (secondary N) is 1. The lowest BCUT2D eigenvalue weighted by Gasteiger charge is -2.20. The molecule has 2 fully saturated rings. The smallest absolute Gasteiger partial charge is 0.241 e. The number of carbonyl (C=O) groups excluding carboxylic acids is 2. The summed E-state index contributed by atoms with van der Waals surface area (Å²) in [6.45, 7) is 1.60. The maximum Gasteiger partial charge on any atom is 0.241 e. The second-order valence-electron chi connectivity index (χ2n) is 5.20. The summed E-state index contributed by atoms with van der Waals surface area (Å²) in [4.78, 5) is 24.7. The molecule has 1 heterocycles. The van der Waals surface area contributed by atoms with Crippen LogP contribution in [0.2, 0.25) is 0 Å². The standard InChI is InChI=1S/C13H22N2O2/c16-12-7-9-15(13(17)10-14-12)8-3-6-11-4-1-2-5-11/h11H,1-10H2,(H,14,16). The summed E-state index contributed by atoms with van der Waals surface area (Å²) >= 11 is 0. The van der Waals surface area contributed by atoms with E-state index in [0.29, 0.717) is 13.0 Å². The van der Waals surface area contributed by atoms with Gasteiger partial charge >= 0.3 is 0 Å². The molecule has 2 rings (SSSR count). The molecule has 4 nitrogen and oxygen atoms in total. The zero-order valence-electron chi connectivity index (χ0n) is 10.4. The van der Waals surface area contributed by atoms with Gasteiger partial charge in [0.15, 0.2) is 0 Å². The van der Waals surface area contributed by atoms with Crippen LogP contribution in [-0.2, 0) is 9.59 Å². The summed E-state index contributed by atoms with van der Waals surface area (Å²) in [6, 6.07) is 0. The van der Waals surface area contributed by atoms with Crippen molar-refractivity contribution in [3.8, 4) is 0 Å². The molecule has 0 bridgehead atoms. The Bertz CT molecular complexity index is 285. The van der Waals surface area contributed by atoms with Gasteiger partial charge in [0.1, 0.15) is 0 Å². The van der Waals surface area contributed by atoms with E-state index in [1.807, 2.05) is 4.90 Å².